The van der Waals surface area contributed by atoms with Gasteiger partial charge in [0.25, 0.3) is 0 Å². The largest absolute Gasteiger partial charge is 0.462 e. The van der Waals surface area contributed by atoms with Crippen LogP contribution < -0.4 is 0 Å². The Balaban J connectivity index is 4.18. The molecule has 0 aliphatic heterocycles. The van der Waals surface area contributed by atoms with Crippen LogP contribution in [0.2, 0.25) is 0 Å². The summed E-state index contributed by atoms with van der Waals surface area (Å²) in [6.45, 7) is 6.61. The lowest BCUT2D eigenvalue weighted by Crippen LogP contribution is -2.30. The van der Waals surface area contributed by atoms with Crippen molar-refractivity contribution in [2.75, 3.05) is 13.2 Å². The van der Waals surface area contributed by atoms with E-state index in [2.05, 4.69) is 57.2 Å². The van der Waals surface area contributed by atoms with Crippen molar-refractivity contribution in [3.63, 3.8) is 0 Å². The van der Waals surface area contributed by atoms with Crippen molar-refractivity contribution in [3.05, 3.63) is 36.5 Å². The summed E-state index contributed by atoms with van der Waals surface area (Å²) in [5.74, 6) is -0.871. The van der Waals surface area contributed by atoms with Crippen LogP contribution in [0.3, 0.4) is 0 Å². The van der Waals surface area contributed by atoms with E-state index in [-0.39, 0.29) is 31.1 Å². The fourth-order valence-electron chi connectivity index (χ4n) is 8.29. The monoisotopic (exact) mass is 913 g/mol. The third kappa shape index (κ3) is 52.5. The van der Waals surface area contributed by atoms with E-state index >= 15 is 0 Å². The molecule has 65 heavy (non-hydrogen) atoms. The van der Waals surface area contributed by atoms with Crippen LogP contribution in [0.25, 0.3) is 0 Å². The Bertz CT molecular complexity index is 1090. The van der Waals surface area contributed by atoms with Crippen LogP contribution in [-0.4, -0.2) is 37.2 Å². The molecule has 0 rings (SSSR count). The van der Waals surface area contributed by atoms with Gasteiger partial charge in [0.1, 0.15) is 13.2 Å². The fourth-order valence-corrected chi connectivity index (χ4v) is 8.29. The second kappa shape index (κ2) is 54.2. The zero-order chi connectivity index (χ0) is 47.2. The molecule has 0 radical (unpaired) electrons. The van der Waals surface area contributed by atoms with Crippen molar-refractivity contribution in [3.8, 4) is 0 Å². The third-order valence-corrected chi connectivity index (χ3v) is 12.6. The molecule has 0 fully saturated rings. The van der Waals surface area contributed by atoms with E-state index in [1.54, 1.807) is 0 Å². The van der Waals surface area contributed by atoms with Crippen LogP contribution in [0.1, 0.15) is 303 Å². The molecule has 0 aromatic rings. The number of unbranched alkanes of at least 4 members (excludes halogenated alkanes) is 35. The quantitative estimate of drug-likeness (QED) is 0.0262. The van der Waals surface area contributed by atoms with Crippen LogP contribution in [-0.2, 0) is 28.6 Å². The normalized spacial score (nSPS) is 12.2. The number of ether oxygens (including phenoxy) is 3. The van der Waals surface area contributed by atoms with Gasteiger partial charge in [-0.25, -0.2) is 0 Å². The molecule has 1 unspecified atom stereocenters. The minimum atomic E-state index is -0.770. The molecule has 1 atom stereocenters. The van der Waals surface area contributed by atoms with Gasteiger partial charge in [0.05, 0.1) is 0 Å². The number of rotatable bonds is 52. The highest BCUT2D eigenvalue weighted by Crippen LogP contribution is 2.16. The van der Waals surface area contributed by atoms with Crippen LogP contribution >= 0.6 is 0 Å². The molecule has 0 saturated carbocycles. The highest BCUT2D eigenvalue weighted by atomic mass is 16.6. The number of carbonyl (C=O) groups is 3. The van der Waals surface area contributed by atoms with Gasteiger partial charge in [-0.3, -0.25) is 14.4 Å². The molecule has 0 spiro atoms. The van der Waals surface area contributed by atoms with Crippen molar-refractivity contribution >= 4 is 17.9 Å². The molecule has 0 aliphatic rings. The molecule has 0 saturated heterocycles. The predicted molar refractivity (Wildman–Crippen MR) is 279 cm³/mol. The maximum Gasteiger partial charge on any atom is 0.306 e. The highest BCUT2D eigenvalue weighted by molar-refractivity contribution is 5.71. The van der Waals surface area contributed by atoms with E-state index in [0.717, 1.165) is 64.2 Å². The Hall–Kier alpha value is -2.37. The van der Waals surface area contributed by atoms with Gasteiger partial charge in [-0.05, 0) is 77.0 Å². The van der Waals surface area contributed by atoms with E-state index in [4.69, 9.17) is 14.2 Å². The van der Waals surface area contributed by atoms with Gasteiger partial charge in [-0.2, -0.15) is 0 Å². The molecule has 0 N–H and O–H groups in total. The van der Waals surface area contributed by atoms with Crippen molar-refractivity contribution < 1.29 is 28.6 Å². The van der Waals surface area contributed by atoms with Gasteiger partial charge in [0.15, 0.2) is 6.10 Å². The molecule has 0 aromatic heterocycles. The SMILES string of the molecule is CCCCCCC/C=C\C/C=C\CCCCCCCCCCCC(=O)OCC(COC(=O)CCCCCCCCC)OC(=O)CCCCCCCCCCC/C=C\CCCCCCCC. The maximum atomic E-state index is 12.8. The molecule has 0 aromatic carbocycles. The lowest BCUT2D eigenvalue weighted by Gasteiger charge is -2.18. The highest BCUT2D eigenvalue weighted by Gasteiger charge is 2.19. The Morgan fingerprint density at radius 2 is 0.554 bits per heavy atom. The number of allylic oxidation sites excluding steroid dienone is 6. The zero-order valence-electron chi connectivity index (χ0n) is 43.5. The van der Waals surface area contributed by atoms with Crippen LogP contribution in [0.5, 0.6) is 0 Å². The average Bonchev–Trinajstić information content (AvgIpc) is 3.30. The van der Waals surface area contributed by atoms with Crippen LogP contribution in [0.15, 0.2) is 36.5 Å². The van der Waals surface area contributed by atoms with Crippen molar-refractivity contribution in [2.45, 2.75) is 309 Å². The summed E-state index contributed by atoms with van der Waals surface area (Å²) in [4.78, 5) is 37.9. The van der Waals surface area contributed by atoms with E-state index in [1.165, 1.54) is 199 Å². The first-order valence-corrected chi connectivity index (χ1v) is 28.5. The Morgan fingerprint density at radius 1 is 0.308 bits per heavy atom. The standard InChI is InChI=1S/C59H108O6/c1-4-7-10-13-16-18-20-22-24-26-28-29-31-32-34-36-38-40-43-46-49-52-58(61)64-55-56(54-63-57(60)51-48-45-42-15-12-9-6-3)65-59(62)53-50-47-44-41-39-37-35-33-30-27-25-23-21-19-17-14-11-8-5-2/h20,22-23,25-26,28,56H,4-19,21,24,27,29-55H2,1-3H3/b22-20-,25-23-,28-26-. The number of hydrogen-bond donors (Lipinski definition) is 0. The first-order chi connectivity index (χ1) is 32.0. The van der Waals surface area contributed by atoms with Crippen molar-refractivity contribution in [2.24, 2.45) is 0 Å². The molecule has 0 amide bonds. The summed E-state index contributed by atoms with van der Waals surface area (Å²) in [6, 6.07) is 0. The van der Waals surface area contributed by atoms with Gasteiger partial charge < -0.3 is 14.2 Å². The summed E-state index contributed by atoms with van der Waals surface area (Å²) < 4.78 is 16.8. The van der Waals surface area contributed by atoms with Crippen molar-refractivity contribution in [1.82, 2.24) is 0 Å². The Morgan fingerprint density at radius 3 is 0.862 bits per heavy atom. The van der Waals surface area contributed by atoms with Crippen LogP contribution in [0, 0.1) is 0 Å². The molecule has 0 heterocycles. The van der Waals surface area contributed by atoms with Gasteiger partial charge in [0, 0.05) is 19.3 Å². The third-order valence-electron chi connectivity index (χ3n) is 12.6. The maximum absolute atomic E-state index is 12.8. The van der Waals surface area contributed by atoms with Crippen molar-refractivity contribution in [1.29, 1.82) is 0 Å². The minimum absolute atomic E-state index is 0.0719. The molecule has 0 bridgehead atoms. The Kier molecular flexibility index (Phi) is 52.3. The second-order valence-electron chi connectivity index (χ2n) is 19.2. The minimum Gasteiger partial charge on any atom is -0.462 e. The van der Waals surface area contributed by atoms with E-state index in [9.17, 15) is 14.4 Å². The second-order valence-corrected chi connectivity index (χ2v) is 19.2. The van der Waals surface area contributed by atoms with Gasteiger partial charge in [-0.15, -0.1) is 0 Å². The van der Waals surface area contributed by atoms with E-state index < -0.39 is 6.10 Å². The lowest BCUT2D eigenvalue weighted by molar-refractivity contribution is -0.167. The van der Waals surface area contributed by atoms with Gasteiger partial charge in [0.2, 0.25) is 0 Å². The molecule has 380 valence electrons. The molecular formula is C59H108O6. The van der Waals surface area contributed by atoms with E-state index in [0.29, 0.717) is 19.3 Å². The lowest BCUT2D eigenvalue weighted by atomic mass is 10.1. The molecular weight excluding hydrogens is 805 g/mol. The number of esters is 3. The first kappa shape index (κ1) is 62.6. The summed E-state index contributed by atoms with van der Waals surface area (Å²) in [6.07, 6.45) is 64.4. The van der Waals surface area contributed by atoms with E-state index in [1.807, 2.05) is 0 Å². The summed E-state index contributed by atoms with van der Waals surface area (Å²) >= 11 is 0. The first-order valence-electron chi connectivity index (χ1n) is 28.5. The summed E-state index contributed by atoms with van der Waals surface area (Å²) in [7, 11) is 0. The fraction of sp³-hybridized carbons (Fsp3) is 0.847. The van der Waals surface area contributed by atoms with Crippen LogP contribution in [0.4, 0.5) is 0 Å². The predicted octanol–water partition coefficient (Wildman–Crippen LogP) is 18.9. The summed E-state index contributed by atoms with van der Waals surface area (Å²) in [5, 5.41) is 0. The average molecular weight is 914 g/mol. The molecule has 6 nitrogen and oxygen atoms in total. The molecule has 0 aliphatic carbocycles. The Labute approximate surface area is 404 Å². The number of carbonyl (C=O) groups excluding carboxylic acids is 3. The van der Waals surface area contributed by atoms with Gasteiger partial charge >= 0.3 is 17.9 Å². The number of hydrogen-bond acceptors (Lipinski definition) is 6. The van der Waals surface area contributed by atoms with Gasteiger partial charge in [-0.1, -0.05) is 243 Å². The topological polar surface area (TPSA) is 78.9 Å². The molecule has 6 heteroatoms. The smallest absolute Gasteiger partial charge is 0.306 e. The summed E-state index contributed by atoms with van der Waals surface area (Å²) in [5.41, 5.74) is 0. The zero-order valence-corrected chi connectivity index (χ0v) is 43.5.